The summed E-state index contributed by atoms with van der Waals surface area (Å²) in [6.07, 6.45) is -104. The molecule has 13 nitrogen and oxygen atoms in total. The minimum Gasteiger partial charge on any atom is -0.549 e. The second-order valence-corrected chi connectivity index (χ2v) is 20.9. The second-order valence-electron chi connectivity index (χ2n) is 20.9. The fraction of sp³-hybridized carbons (Fsp3) is 0.667. The molecule has 0 heterocycles. The molecule has 2 aromatic carbocycles. The van der Waals surface area contributed by atoms with Gasteiger partial charge in [0.2, 0.25) is 5.91 Å². The van der Waals surface area contributed by atoms with Gasteiger partial charge in [-0.2, -0.15) is 164 Å². The molecule has 0 aromatic heterocycles. The van der Waals surface area contributed by atoms with Crippen LogP contribution in [0.5, 0.6) is 0 Å². The lowest BCUT2D eigenvalue weighted by Gasteiger charge is -2.39. The maximum atomic E-state index is 13.9. The van der Waals surface area contributed by atoms with E-state index in [0.717, 1.165) is 0 Å². The van der Waals surface area contributed by atoms with Crippen LogP contribution in [-0.4, -0.2) is 178 Å². The molecular weight excluding hydrogens is 1460 g/mol. The summed E-state index contributed by atoms with van der Waals surface area (Å²) in [5.74, 6) is -8.01. The van der Waals surface area contributed by atoms with Gasteiger partial charge < -0.3 is 39.9 Å². The SMILES string of the molecule is O=C([O-])CN(CCONCc1cc(CC(C(F)(F)F)(C(F)(F)F)C(F)(F)F)cc(CC(C(F)(F)F)(C(F)(F)F)C(F)(F)F)c1)CCN(CCN(CC(=O)[O-])CC(=O)NCc1cc(CC(C(F)(F)F)(C(F)(F)F)C(F)(F)F)cc(CC(C(F)(F)F)(C(F)(F)F)C(F)(F)F)c1)CC(=O)[O-]. The Morgan fingerprint density at radius 3 is 0.742 bits per heavy atom. The highest BCUT2D eigenvalue weighted by Gasteiger charge is 2.86. The Hall–Kier alpha value is -6.40. The van der Waals surface area contributed by atoms with Gasteiger partial charge >= 0.3 is 74.1 Å². The van der Waals surface area contributed by atoms with Crippen molar-refractivity contribution < 1.29 is 197 Å². The van der Waals surface area contributed by atoms with E-state index in [9.17, 15) is 193 Å². The van der Waals surface area contributed by atoms with Crippen LogP contribution in [-0.2, 0) is 62.8 Å². The van der Waals surface area contributed by atoms with Crippen LogP contribution in [0.15, 0.2) is 36.4 Å². The molecule has 0 spiro atoms. The zero-order chi connectivity index (χ0) is 76.2. The highest BCUT2D eigenvalue weighted by Crippen LogP contribution is 2.65. The van der Waals surface area contributed by atoms with E-state index in [2.05, 4.69) is 0 Å². The van der Waals surface area contributed by atoms with Crippen molar-refractivity contribution in [1.82, 2.24) is 25.5 Å². The minimum absolute atomic E-state index is 0.192. The Balaban J connectivity index is 2.54. The third-order valence-corrected chi connectivity index (χ3v) is 14.2. The van der Waals surface area contributed by atoms with E-state index in [4.69, 9.17) is 4.84 Å². The van der Waals surface area contributed by atoms with E-state index in [1.54, 1.807) is 10.8 Å². The summed E-state index contributed by atoms with van der Waals surface area (Å²) in [5.41, 5.74) is -37.6. The Labute approximate surface area is 516 Å². The van der Waals surface area contributed by atoms with Crippen molar-refractivity contribution in [2.45, 2.75) is 113 Å². The van der Waals surface area contributed by atoms with Crippen LogP contribution in [0.3, 0.4) is 0 Å². The molecule has 1 amide bonds. The number of hydroxylamine groups is 1. The van der Waals surface area contributed by atoms with Gasteiger partial charge in [-0.25, -0.2) is 0 Å². The Bertz CT molecular complexity index is 2700. The number of nitrogens with one attached hydrogen (secondary N) is 2. The highest BCUT2D eigenvalue weighted by atomic mass is 19.5. The van der Waals surface area contributed by atoms with E-state index < -0.39 is 269 Å². The lowest BCUT2D eigenvalue weighted by Crippen LogP contribution is -2.61. The molecule has 2 aromatic rings. The number of rotatable bonds is 30. The predicted molar refractivity (Wildman–Crippen MR) is 239 cm³/mol. The average molecular weight is 1500 g/mol. The first-order valence-electron chi connectivity index (χ1n) is 25.4. The van der Waals surface area contributed by atoms with Crippen molar-refractivity contribution in [2.24, 2.45) is 21.7 Å². The molecule has 0 fully saturated rings. The lowest BCUT2D eigenvalue weighted by atomic mass is 9.76. The summed E-state index contributed by atoms with van der Waals surface area (Å²) in [5, 5.41) is 36.4. The Morgan fingerprint density at radius 1 is 0.299 bits per heavy atom. The van der Waals surface area contributed by atoms with Crippen LogP contribution in [0.2, 0.25) is 0 Å². The largest absolute Gasteiger partial charge is 0.549 e. The van der Waals surface area contributed by atoms with Gasteiger partial charge in [-0.15, -0.1) is 0 Å². The highest BCUT2D eigenvalue weighted by molar-refractivity contribution is 5.79. The van der Waals surface area contributed by atoms with Crippen molar-refractivity contribution in [3.63, 3.8) is 0 Å². The smallest absolute Gasteiger partial charge is 0.412 e. The van der Waals surface area contributed by atoms with Gasteiger partial charge in [0.15, 0.2) is 0 Å². The standard InChI is InChI=1S/C48H43F36N5O8/c49-37(50,51)33(38(52,53)54,39(55,56)57)13-23-7-24(14-34(40(58,59)60,41(61,62)63)42(64,65)66)10-27(9-23)17-85-29(90)19-89(22-32(95)96)4-3-87(20-30(91)92)1-2-88(21-31(93)94)5-6-97-86-18-28-11-25(15-35(43(67,68)69,44(70,71)72)45(73,74)75)8-26(12-28)16-36(46(76,77)78,47(79,80)81)48(82,83)84/h7-12,86H,1-6,13-22H2,(H,85,90)(H,91,92)(H,93,94)(H,95,96)/p-3. The van der Waals surface area contributed by atoms with E-state index in [0.29, 0.717) is 14.7 Å². The van der Waals surface area contributed by atoms with E-state index in [1.165, 1.54) is 0 Å². The fourth-order valence-electron chi connectivity index (χ4n) is 9.36. The Morgan fingerprint density at radius 2 is 0.505 bits per heavy atom. The fourth-order valence-corrected chi connectivity index (χ4v) is 9.36. The van der Waals surface area contributed by atoms with Crippen LogP contribution < -0.4 is 26.1 Å². The number of carboxylic acid groups (broad SMARTS) is 3. The number of carbonyl (C=O) groups is 4. The summed E-state index contributed by atoms with van der Waals surface area (Å²) >= 11 is 0. The number of benzene rings is 2. The first kappa shape index (κ1) is 86.7. The van der Waals surface area contributed by atoms with Gasteiger partial charge in [0.25, 0.3) is 21.7 Å². The van der Waals surface area contributed by atoms with E-state index in [1.807, 2.05) is 0 Å². The molecule has 0 unspecified atom stereocenters. The van der Waals surface area contributed by atoms with Gasteiger partial charge in [-0.3, -0.25) is 19.5 Å². The summed E-state index contributed by atoms with van der Waals surface area (Å²) in [7, 11) is 0. The molecule has 0 bridgehead atoms. The van der Waals surface area contributed by atoms with Crippen LogP contribution in [0.25, 0.3) is 0 Å². The summed E-state index contributed by atoms with van der Waals surface area (Å²) in [6.45, 7) is -14.1. The summed E-state index contributed by atoms with van der Waals surface area (Å²) in [4.78, 5) is 54.3. The molecule has 0 aliphatic rings. The quantitative estimate of drug-likeness (QED) is 0.0431. The number of hydrogen-bond acceptors (Lipinski definition) is 12. The number of nitrogens with zero attached hydrogens (tertiary/aromatic N) is 3. The maximum Gasteiger partial charge on any atom is 0.412 e. The third kappa shape index (κ3) is 20.2. The molecule has 2 N–H and O–H groups in total. The molecular formula is C48H40F36N5O8-3. The molecule has 2 rings (SSSR count). The van der Waals surface area contributed by atoms with Crippen LogP contribution in [0.4, 0.5) is 158 Å². The van der Waals surface area contributed by atoms with Crippen molar-refractivity contribution in [1.29, 1.82) is 0 Å². The van der Waals surface area contributed by atoms with Gasteiger partial charge in [0.1, 0.15) is 0 Å². The van der Waals surface area contributed by atoms with Gasteiger partial charge in [-0.05, 0) is 33.4 Å². The molecule has 49 heteroatoms. The topological polar surface area (TPSA) is 180 Å². The zero-order valence-corrected chi connectivity index (χ0v) is 47.0. The van der Waals surface area contributed by atoms with E-state index in [-0.39, 0.29) is 24.3 Å². The maximum absolute atomic E-state index is 13.9. The number of carbonyl (C=O) groups excluding carboxylic acids is 4. The number of aliphatic carboxylic acids is 3. The van der Waals surface area contributed by atoms with Crippen LogP contribution >= 0.6 is 0 Å². The third-order valence-electron chi connectivity index (χ3n) is 14.2. The van der Waals surface area contributed by atoms with Crippen molar-refractivity contribution >= 4 is 23.8 Å². The molecule has 97 heavy (non-hydrogen) atoms. The van der Waals surface area contributed by atoms with Gasteiger partial charge in [0, 0.05) is 91.1 Å². The van der Waals surface area contributed by atoms with Crippen LogP contribution in [0.1, 0.15) is 33.4 Å². The summed E-state index contributed by atoms with van der Waals surface area (Å²) < 4.78 is 500. The molecule has 0 atom stereocenters. The molecule has 0 aliphatic carbocycles. The van der Waals surface area contributed by atoms with Crippen LogP contribution in [0, 0.1) is 21.7 Å². The molecule has 0 radical (unpaired) electrons. The zero-order valence-electron chi connectivity index (χ0n) is 47.0. The number of amides is 1. The summed E-state index contributed by atoms with van der Waals surface area (Å²) in [6, 6.07) is -2.36. The molecule has 0 aliphatic heterocycles. The predicted octanol–water partition coefficient (Wildman–Crippen LogP) is 9.04. The monoisotopic (exact) mass is 1500 g/mol. The number of alkyl halides is 36. The molecule has 0 saturated carbocycles. The molecule has 560 valence electrons. The first-order chi connectivity index (χ1) is 43.0. The number of carboxylic acids is 3. The number of halogens is 36. The van der Waals surface area contributed by atoms with Gasteiger partial charge in [0.05, 0.1) is 31.1 Å². The first-order valence-corrected chi connectivity index (χ1v) is 25.4. The van der Waals surface area contributed by atoms with Crippen molar-refractivity contribution in [2.75, 3.05) is 65.5 Å². The second kappa shape index (κ2) is 29.8. The van der Waals surface area contributed by atoms with E-state index >= 15 is 0 Å². The van der Waals surface area contributed by atoms with Gasteiger partial charge in [-0.1, -0.05) is 36.4 Å². The minimum atomic E-state index is -7.51. The number of hydrogen-bond donors (Lipinski definition) is 2. The normalized spacial score (nSPS) is 14.7. The van der Waals surface area contributed by atoms with Crippen molar-refractivity contribution in [3.05, 3.63) is 69.8 Å². The average Bonchev–Trinajstić information content (AvgIpc) is 0.743. The molecule has 0 saturated heterocycles. The Kier molecular flexibility index (Phi) is 26.6. The lowest BCUT2D eigenvalue weighted by molar-refractivity contribution is -0.428. The van der Waals surface area contributed by atoms with Crippen molar-refractivity contribution in [3.8, 4) is 0 Å².